The van der Waals surface area contributed by atoms with Gasteiger partial charge in [0.15, 0.2) is 0 Å². The predicted octanol–water partition coefficient (Wildman–Crippen LogP) is 2.30. The number of nitrogens with zero attached hydrogens (tertiary/aromatic N) is 5. The molecule has 0 spiro atoms. The standard InChI is InChI=1S/C16H19N5O/c1-13-16-17-10-14(11-20-6-3-5-18-20)21(16)8-7-19(13)12-15-4-2-9-22-15/h2-6,9-10,13H,7-8,11-12H2,1H3/t13-/m0/s1. The van der Waals surface area contributed by atoms with Gasteiger partial charge in [-0.25, -0.2) is 4.98 Å². The van der Waals surface area contributed by atoms with Crippen molar-refractivity contribution in [2.24, 2.45) is 0 Å². The highest BCUT2D eigenvalue weighted by atomic mass is 16.3. The van der Waals surface area contributed by atoms with Crippen molar-refractivity contribution >= 4 is 0 Å². The summed E-state index contributed by atoms with van der Waals surface area (Å²) in [6.07, 6.45) is 7.49. The molecule has 0 unspecified atom stereocenters. The van der Waals surface area contributed by atoms with Crippen LogP contribution in [0.1, 0.15) is 30.2 Å². The molecule has 0 amide bonds. The molecule has 0 fully saturated rings. The van der Waals surface area contributed by atoms with Gasteiger partial charge >= 0.3 is 0 Å². The molecule has 1 aliphatic heterocycles. The molecule has 6 nitrogen and oxygen atoms in total. The summed E-state index contributed by atoms with van der Waals surface area (Å²) in [5.74, 6) is 2.13. The number of furan rings is 1. The largest absolute Gasteiger partial charge is 0.468 e. The Morgan fingerprint density at radius 1 is 1.27 bits per heavy atom. The minimum Gasteiger partial charge on any atom is -0.468 e. The van der Waals surface area contributed by atoms with Gasteiger partial charge in [0.05, 0.1) is 37.3 Å². The van der Waals surface area contributed by atoms with Crippen LogP contribution in [-0.2, 0) is 19.6 Å². The summed E-state index contributed by atoms with van der Waals surface area (Å²) in [4.78, 5) is 7.05. The average Bonchev–Trinajstić information content (AvgIpc) is 3.25. The third kappa shape index (κ3) is 2.35. The van der Waals surface area contributed by atoms with Crippen molar-refractivity contribution in [2.75, 3.05) is 6.54 Å². The minimum atomic E-state index is 0.283. The lowest BCUT2D eigenvalue weighted by molar-refractivity contribution is 0.144. The highest BCUT2D eigenvalue weighted by molar-refractivity contribution is 5.12. The van der Waals surface area contributed by atoms with Gasteiger partial charge in [-0.05, 0) is 25.1 Å². The second-order valence-corrected chi connectivity index (χ2v) is 5.69. The zero-order valence-electron chi connectivity index (χ0n) is 12.6. The van der Waals surface area contributed by atoms with Crippen LogP contribution in [0.3, 0.4) is 0 Å². The number of rotatable bonds is 4. The van der Waals surface area contributed by atoms with Gasteiger partial charge in [-0.1, -0.05) is 0 Å². The van der Waals surface area contributed by atoms with Gasteiger partial charge in [0.25, 0.3) is 0 Å². The van der Waals surface area contributed by atoms with Crippen LogP contribution in [0.2, 0.25) is 0 Å². The number of hydrogen-bond acceptors (Lipinski definition) is 4. The Hall–Kier alpha value is -2.34. The fraction of sp³-hybridized carbons (Fsp3) is 0.375. The first-order valence-electron chi connectivity index (χ1n) is 7.59. The molecule has 1 aliphatic rings. The van der Waals surface area contributed by atoms with Gasteiger partial charge in [0.2, 0.25) is 0 Å². The van der Waals surface area contributed by atoms with Crippen molar-refractivity contribution in [1.82, 2.24) is 24.2 Å². The second kappa shape index (κ2) is 5.46. The summed E-state index contributed by atoms with van der Waals surface area (Å²) < 4.78 is 9.73. The van der Waals surface area contributed by atoms with E-state index in [1.807, 2.05) is 35.3 Å². The van der Waals surface area contributed by atoms with Crippen LogP contribution in [0.5, 0.6) is 0 Å². The molecule has 0 aromatic carbocycles. The predicted molar refractivity (Wildman–Crippen MR) is 81.1 cm³/mol. The molecule has 4 heterocycles. The summed E-state index contributed by atoms with van der Waals surface area (Å²) in [5.41, 5.74) is 1.21. The molecule has 0 N–H and O–H groups in total. The maximum Gasteiger partial charge on any atom is 0.126 e. The first kappa shape index (κ1) is 13.3. The minimum absolute atomic E-state index is 0.283. The third-order valence-electron chi connectivity index (χ3n) is 4.32. The number of hydrogen-bond donors (Lipinski definition) is 0. The molecule has 0 aliphatic carbocycles. The molecule has 22 heavy (non-hydrogen) atoms. The normalized spacial score (nSPS) is 18.5. The van der Waals surface area contributed by atoms with Crippen molar-refractivity contribution in [3.63, 3.8) is 0 Å². The van der Waals surface area contributed by atoms with Gasteiger partial charge in [-0.3, -0.25) is 9.58 Å². The van der Waals surface area contributed by atoms with Crippen LogP contribution in [0.15, 0.2) is 47.5 Å². The SMILES string of the molecule is C[C@H]1c2ncc(Cn3cccn3)n2CCN1Cc1ccco1. The average molecular weight is 297 g/mol. The number of imidazole rings is 1. The van der Waals surface area contributed by atoms with Crippen LogP contribution < -0.4 is 0 Å². The maximum atomic E-state index is 5.47. The second-order valence-electron chi connectivity index (χ2n) is 5.69. The van der Waals surface area contributed by atoms with Crippen LogP contribution in [0, 0.1) is 0 Å². The molecule has 6 heteroatoms. The van der Waals surface area contributed by atoms with Gasteiger partial charge in [-0.15, -0.1) is 0 Å². The summed E-state index contributed by atoms with van der Waals surface area (Å²) in [6, 6.07) is 6.19. The van der Waals surface area contributed by atoms with Gasteiger partial charge in [-0.2, -0.15) is 5.10 Å². The Morgan fingerprint density at radius 3 is 3.00 bits per heavy atom. The van der Waals surface area contributed by atoms with Crippen molar-refractivity contribution < 1.29 is 4.42 Å². The number of fused-ring (bicyclic) bond motifs is 1. The zero-order chi connectivity index (χ0) is 14.9. The third-order valence-corrected chi connectivity index (χ3v) is 4.32. The zero-order valence-corrected chi connectivity index (χ0v) is 12.6. The molecule has 4 rings (SSSR count). The first-order valence-corrected chi connectivity index (χ1v) is 7.59. The van der Waals surface area contributed by atoms with Gasteiger partial charge in [0.1, 0.15) is 11.6 Å². The van der Waals surface area contributed by atoms with E-state index in [4.69, 9.17) is 4.42 Å². The highest BCUT2D eigenvalue weighted by Gasteiger charge is 2.27. The molecule has 1 atom stereocenters. The molecule has 0 radical (unpaired) electrons. The molecule has 0 bridgehead atoms. The Bertz CT molecular complexity index is 729. The van der Waals surface area contributed by atoms with Crippen LogP contribution >= 0.6 is 0 Å². The Labute approximate surface area is 129 Å². The Balaban J connectivity index is 1.54. The van der Waals surface area contributed by atoms with Crippen LogP contribution in [0.25, 0.3) is 0 Å². The van der Waals surface area contributed by atoms with E-state index < -0.39 is 0 Å². The highest BCUT2D eigenvalue weighted by Crippen LogP contribution is 2.27. The van der Waals surface area contributed by atoms with Crippen LogP contribution in [-0.4, -0.2) is 30.8 Å². The lowest BCUT2D eigenvalue weighted by Crippen LogP contribution is -2.37. The van der Waals surface area contributed by atoms with Crippen molar-refractivity contribution in [3.05, 3.63) is 60.3 Å². The molecule has 0 saturated carbocycles. The van der Waals surface area contributed by atoms with E-state index >= 15 is 0 Å². The summed E-state index contributed by atoms with van der Waals surface area (Å²) in [6.45, 7) is 5.76. The Morgan fingerprint density at radius 2 is 2.23 bits per heavy atom. The fourth-order valence-corrected chi connectivity index (χ4v) is 3.11. The lowest BCUT2D eigenvalue weighted by atomic mass is 10.2. The smallest absolute Gasteiger partial charge is 0.126 e. The summed E-state index contributed by atoms with van der Waals surface area (Å²) in [7, 11) is 0. The fourth-order valence-electron chi connectivity index (χ4n) is 3.11. The van der Waals surface area contributed by atoms with E-state index in [0.29, 0.717) is 0 Å². The molecular formula is C16H19N5O. The van der Waals surface area contributed by atoms with Crippen LogP contribution in [0.4, 0.5) is 0 Å². The molecule has 3 aromatic rings. The van der Waals surface area contributed by atoms with E-state index in [9.17, 15) is 0 Å². The van der Waals surface area contributed by atoms with Gasteiger partial charge in [0, 0.05) is 25.5 Å². The molecule has 0 saturated heterocycles. The van der Waals surface area contributed by atoms with E-state index in [-0.39, 0.29) is 6.04 Å². The van der Waals surface area contributed by atoms with Crippen molar-refractivity contribution in [1.29, 1.82) is 0 Å². The van der Waals surface area contributed by atoms with E-state index in [1.165, 1.54) is 5.69 Å². The molecule has 3 aromatic heterocycles. The molecular weight excluding hydrogens is 278 g/mol. The number of aromatic nitrogens is 4. The summed E-state index contributed by atoms with van der Waals surface area (Å²) in [5, 5.41) is 4.28. The van der Waals surface area contributed by atoms with Crippen molar-refractivity contribution in [2.45, 2.75) is 32.6 Å². The molecule has 114 valence electrons. The quantitative estimate of drug-likeness (QED) is 0.741. The maximum absolute atomic E-state index is 5.47. The summed E-state index contributed by atoms with van der Waals surface area (Å²) >= 11 is 0. The first-order chi connectivity index (χ1) is 10.8. The van der Waals surface area contributed by atoms with E-state index in [0.717, 1.165) is 37.8 Å². The van der Waals surface area contributed by atoms with Gasteiger partial charge < -0.3 is 8.98 Å². The van der Waals surface area contributed by atoms with E-state index in [2.05, 4.69) is 26.5 Å². The monoisotopic (exact) mass is 297 g/mol. The lowest BCUT2D eigenvalue weighted by Gasteiger charge is -2.33. The topological polar surface area (TPSA) is 52.0 Å². The van der Waals surface area contributed by atoms with Crippen molar-refractivity contribution in [3.8, 4) is 0 Å². The Kier molecular flexibility index (Phi) is 3.31. The van der Waals surface area contributed by atoms with E-state index in [1.54, 1.807) is 12.5 Å².